The number of nitriles is 1. The quantitative estimate of drug-likeness (QED) is 0.456. The van der Waals surface area contributed by atoms with Crippen LogP contribution in [0.25, 0.3) is 6.08 Å². The summed E-state index contributed by atoms with van der Waals surface area (Å²) >= 11 is 0. The van der Waals surface area contributed by atoms with E-state index in [-0.39, 0.29) is 12.1 Å². The lowest BCUT2D eigenvalue weighted by atomic mass is 10.1. The number of hydrogen-bond acceptors (Lipinski definition) is 4. The van der Waals surface area contributed by atoms with E-state index in [1.165, 1.54) is 6.26 Å². The Labute approximate surface area is 141 Å². The maximum absolute atomic E-state index is 12.0. The molecule has 0 unspecified atom stereocenters. The van der Waals surface area contributed by atoms with E-state index in [2.05, 4.69) is 12.2 Å². The Kier molecular flexibility index (Phi) is 6.66. The van der Waals surface area contributed by atoms with Crippen LogP contribution in [0.1, 0.15) is 31.1 Å². The van der Waals surface area contributed by atoms with Crippen LogP contribution in [0.3, 0.4) is 0 Å². The summed E-state index contributed by atoms with van der Waals surface area (Å²) in [5, 5.41) is 11.8. The third-order valence-corrected chi connectivity index (χ3v) is 3.33. The van der Waals surface area contributed by atoms with Crippen LogP contribution >= 0.6 is 0 Å². The van der Waals surface area contributed by atoms with Gasteiger partial charge in [-0.05, 0) is 42.3 Å². The number of nitrogens with one attached hydrogen (secondary N) is 1. The van der Waals surface area contributed by atoms with Gasteiger partial charge >= 0.3 is 0 Å². The Bertz CT molecular complexity index is 710. The molecule has 124 valence electrons. The average Bonchev–Trinajstić information content (AvgIpc) is 3.12. The molecule has 1 aromatic carbocycles. The number of carbonyl (C=O) groups excluding carboxylic acids is 1. The molecule has 1 N–H and O–H groups in total. The Balaban J connectivity index is 1.96. The third-order valence-electron chi connectivity index (χ3n) is 3.33. The van der Waals surface area contributed by atoms with Gasteiger partial charge in [0.15, 0.2) is 0 Å². The van der Waals surface area contributed by atoms with E-state index in [9.17, 15) is 10.1 Å². The second-order valence-corrected chi connectivity index (χ2v) is 5.20. The predicted molar refractivity (Wildman–Crippen MR) is 91.0 cm³/mol. The molecule has 1 amide bonds. The van der Waals surface area contributed by atoms with Crippen LogP contribution in [-0.2, 0) is 11.3 Å². The number of nitrogens with zero attached hydrogens (tertiary/aromatic N) is 1. The molecule has 5 heteroatoms. The molecule has 0 aliphatic carbocycles. The summed E-state index contributed by atoms with van der Waals surface area (Å²) < 4.78 is 10.7. The fraction of sp³-hybridized carbons (Fsp3) is 0.263. The maximum atomic E-state index is 12.0. The largest absolute Gasteiger partial charge is 0.494 e. The van der Waals surface area contributed by atoms with Crippen molar-refractivity contribution < 1.29 is 13.9 Å². The monoisotopic (exact) mass is 324 g/mol. The number of unbranched alkanes of at least 4 members (excludes halogenated alkanes) is 1. The molecule has 24 heavy (non-hydrogen) atoms. The molecule has 0 fully saturated rings. The van der Waals surface area contributed by atoms with E-state index in [1.807, 2.05) is 30.3 Å². The van der Waals surface area contributed by atoms with Crippen LogP contribution < -0.4 is 10.1 Å². The highest BCUT2D eigenvalue weighted by atomic mass is 16.5. The van der Waals surface area contributed by atoms with Gasteiger partial charge in [0.2, 0.25) is 0 Å². The van der Waals surface area contributed by atoms with Crippen molar-refractivity contribution in [3.05, 3.63) is 59.6 Å². The summed E-state index contributed by atoms with van der Waals surface area (Å²) in [5.41, 5.74) is 0.809. The van der Waals surface area contributed by atoms with Crippen LogP contribution in [-0.4, -0.2) is 12.5 Å². The van der Waals surface area contributed by atoms with Gasteiger partial charge < -0.3 is 14.5 Å². The first-order chi connectivity index (χ1) is 11.7. The molecule has 5 nitrogen and oxygen atoms in total. The third kappa shape index (κ3) is 5.33. The molecule has 0 atom stereocenters. The van der Waals surface area contributed by atoms with Gasteiger partial charge in [-0.2, -0.15) is 5.26 Å². The number of furan rings is 1. The Hall–Kier alpha value is -3.00. The highest BCUT2D eigenvalue weighted by Crippen LogP contribution is 2.15. The van der Waals surface area contributed by atoms with Gasteiger partial charge in [0.1, 0.15) is 23.2 Å². The van der Waals surface area contributed by atoms with Gasteiger partial charge in [0.05, 0.1) is 19.4 Å². The Morgan fingerprint density at radius 3 is 2.75 bits per heavy atom. The van der Waals surface area contributed by atoms with Crippen LogP contribution in [0.4, 0.5) is 0 Å². The predicted octanol–water partition coefficient (Wildman–Crippen LogP) is 3.68. The first-order valence-corrected chi connectivity index (χ1v) is 7.88. The zero-order valence-electron chi connectivity index (χ0n) is 13.6. The SMILES string of the molecule is CCCCOc1ccc(/C=C(/C#N)C(=O)NCc2ccco2)cc1. The number of hydrogen-bond donors (Lipinski definition) is 1. The van der Waals surface area contributed by atoms with Crippen molar-refractivity contribution in [3.63, 3.8) is 0 Å². The second kappa shape index (κ2) is 9.21. The molecule has 0 radical (unpaired) electrons. The summed E-state index contributed by atoms with van der Waals surface area (Å²) in [7, 11) is 0. The van der Waals surface area contributed by atoms with Crippen molar-refractivity contribution in [3.8, 4) is 11.8 Å². The highest BCUT2D eigenvalue weighted by molar-refractivity contribution is 6.01. The summed E-state index contributed by atoms with van der Waals surface area (Å²) in [6, 6.07) is 12.7. The summed E-state index contributed by atoms with van der Waals surface area (Å²) in [6.45, 7) is 3.04. The summed E-state index contributed by atoms with van der Waals surface area (Å²) in [5.74, 6) is 0.979. The van der Waals surface area contributed by atoms with E-state index >= 15 is 0 Å². The number of ether oxygens (including phenoxy) is 1. The first-order valence-electron chi connectivity index (χ1n) is 7.88. The van der Waals surface area contributed by atoms with Gasteiger partial charge in [0.25, 0.3) is 5.91 Å². The second-order valence-electron chi connectivity index (χ2n) is 5.20. The van der Waals surface area contributed by atoms with Crippen molar-refractivity contribution in [1.82, 2.24) is 5.32 Å². The maximum Gasteiger partial charge on any atom is 0.262 e. The molecule has 0 saturated carbocycles. The van der Waals surface area contributed by atoms with Crippen LogP contribution in [0.15, 0.2) is 52.7 Å². The standard InChI is InChI=1S/C19H20N2O3/c1-2-3-10-23-17-8-6-15(7-9-17)12-16(13-20)19(22)21-14-18-5-4-11-24-18/h4-9,11-12H,2-3,10,14H2,1H3,(H,21,22)/b16-12-. The minimum Gasteiger partial charge on any atom is -0.494 e. The Morgan fingerprint density at radius 2 is 2.12 bits per heavy atom. The van der Waals surface area contributed by atoms with Crippen molar-refractivity contribution in [1.29, 1.82) is 5.26 Å². The fourth-order valence-electron chi connectivity index (χ4n) is 1.99. The number of carbonyl (C=O) groups is 1. The average molecular weight is 324 g/mol. The number of amides is 1. The highest BCUT2D eigenvalue weighted by Gasteiger charge is 2.09. The smallest absolute Gasteiger partial charge is 0.262 e. The lowest BCUT2D eigenvalue weighted by molar-refractivity contribution is -0.117. The molecule has 0 aliphatic heterocycles. The molecule has 2 rings (SSSR count). The zero-order valence-corrected chi connectivity index (χ0v) is 13.6. The van der Waals surface area contributed by atoms with Gasteiger partial charge in [-0.1, -0.05) is 25.5 Å². The molecule has 0 saturated heterocycles. The molecule has 1 aromatic heterocycles. The van der Waals surface area contributed by atoms with Crippen molar-refractivity contribution in [2.75, 3.05) is 6.61 Å². The van der Waals surface area contributed by atoms with Crippen molar-refractivity contribution in [2.45, 2.75) is 26.3 Å². The summed E-state index contributed by atoms with van der Waals surface area (Å²) in [4.78, 5) is 12.0. The molecule has 0 bridgehead atoms. The lowest BCUT2D eigenvalue weighted by Crippen LogP contribution is -2.23. The molecule has 0 spiro atoms. The van der Waals surface area contributed by atoms with Gasteiger partial charge in [-0.25, -0.2) is 0 Å². The first kappa shape index (κ1) is 17.4. The van der Waals surface area contributed by atoms with Crippen molar-refractivity contribution in [2.24, 2.45) is 0 Å². The fourth-order valence-corrected chi connectivity index (χ4v) is 1.99. The normalized spacial score (nSPS) is 10.9. The van der Waals surface area contributed by atoms with E-state index in [0.717, 1.165) is 24.2 Å². The van der Waals surface area contributed by atoms with Crippen LogP contribution in [0.5, 0.6) is 5.75 Å². The molecule has 0 aliphatic rings. The van der Waals surface area contributed by atoms with E-state index in [1.54, 1.807) is 18.2 Å². The molecule has 2 aromatic rings. The number of benzene rings is 1. The topological polar surface area (TPSA) is 75.3 Å². The lowest BCUT2D eigenvalue weighted by Gasteiger charge is -2.05. The van der Waals surface area contributed by atoms with Crippen molar-refractivity contribution >= 4 is 12.0 Å². The van der Waals surface area contributed by atoms with Gasteiger partial charge in [-0.3, -0.25) is 4.79 Å². The van der Waals surface area contributed by atoms with Crippen LogP contribution in [0.2, 0.25) is 0 Å². The Morgan fingerprint density at radius 1 is 1.33 bits per heavy atom. The zero-order chi connectivity index (χ0) is 17.2. The minimum atomic E-state index is -0.433. The van der Waals surface area contributed by atoms with E-state index in [0.29, 0.717) is 12.4 Å². The van der Waals surface area contributed by atoms with E-state index < -0.39 is 5.91 Å². The number of rotatable bonds is 8. The molecule has 1 heterocycles. The van der Waals surface area contributed by atoms with Gasteiger partial charge in [-0.15, -0.1) is 0 Å². The van der Waals surface area contributed by atoms with Gasteiger partial charge in [0, 0.05) is 0 Å². The molecular formula is C19H20N2O3. The summed E-state index contributed by atoms with van der Waals surface area (Å²) in [6.07, 6.45) is 5.18. The van der Waals surface area contributed by atoms with Crippen LogP contribution in [0, 0.1) is 11.3 Å². The van der Waals surface area contributed by atoms with E-state index in [4.69, 9.17) is 9.15 Å². The minimum absolute atomic E-state index is 0.0428. The molecular weight excluding hydrogens is 304 g/mol.